The quantitative estimate of drug-likeness (QED) is 0.431. The first kappa shape index (κ1) is 14.9. The first-order valence-corrected chi connectivity index (χ1v) is 7.10. The zero-order valence-corrected chi connectivity index (χ0v) is 12.1. The molecule has 1 aromatic rings. The van der Waals surface area contributed by atoms with Crippen LogP contribution in [0.4, 0.5) is 0 Å². The van der Waals surface area contributed by atoms with Gasteiger partial charge in [0.25, 0.3) is 0 Å². The molecule has 0 amide bonds. The van der Waals surface area contributed by atoms with Crippen LogP contribution in [0.2, 0.25) is 0 Å². The Hall–Kier alpha value is -1.18. The average molecular weight is 266 g/mol. The van der Waals surface area contributed by atoms with Gasteiger partial charge < -0.3 is 8.99 Å². The molecule has 1 aromatic carbocycles. The minimum atomic E-state index is -0.346. The van der Waals surface area contributed by atoms with E-state index in [0.717, 1.165) is 25.7 Å². The van der Waals surface area contributed by atoms with Crippen molar-refractivity contribution in [2.45, 2.75) is 6.16 Å². The predicted octanol–water partition coefficient (Wildman–Crippen LogP) is 2.59. The van der Waals surface area contributed by atoms with Crippen LogP contribution < -0.4 is 0 Å². The summed E-state index contributed by atoms with van der Waals surface area (Å²) in [5, 5.41) is 0. The third-order valence-corrected chi connectivity index (χ3v) is 4.26. The number of carbonyl (C=O) groups excluding carboxylic acids is 1. The molecule has 4 heteroatoms. The van der Waals surface area contributed by atoms with E-state index in [1.165, 1.54) is 11.6 Å². The van der Waals surface area contributed by atoms with Crippen LogP contribution in [0, 0.1) is 0 Å². The molecule has 0 saturated carbocycles. The molecule has 0 bridgehead atoms. The Labute approximate surface area is 111 Å². The maximum Gasteiger partial charge on any atom is 0.330 e. The summed E-state index contributed by atoms with van der Waals surface area (Å²) in [5.74, 6) is -0.346. The number of rotatable bonds is 7. The smallest absolute Gasteiger partial charge is 0.330 e. The standard InChI is InChI=1S/C14H21NO2P/c1-4-14(16)17-11-10-15(2,3)18-12-13-8-6-5-7-9-13/h4-9,18H,1,10-12H2,2-3H3/q+1. The molecule has 0 aromatic heterocycles. The van der Waals surface area contributed by atoms with Crippen molar-refractivity contribution in [2.75, 3.05) is 27.2 Å². The lowest BCUT2D eigenvalue weighted by Crippen LogP contribution is -2.34. The highest BCUT2D eigenvalue weighted by Gasteiger charge is 2.16. The number of carbonyl (C=O) groups is 1. The molecular formula is C14H21NO2P+. The van der Waals surface area contributed by atoms with Crippen molar-refractivity contribution in [2.24, 2.45) is 0 Å². The van der Waals surface area contributed by atoms with Gasteiger partial charge in [0.1, 0.15) is 13.2 Å². The van der Waals surface area contributed by atoms with Gasteiger partial charge in [0.15, 0.2) is 0 Å². The summed E-state index contributed by atoms with van der Waals surface area (Å²) in [6, 6.07) is 10.4. The van der Waals surface area contributed by atoms with E-state index in [2.05, 4.69) is 44.9 Å². The van der Waals surface area contributed by atoms with E-state index in [1.807, 2.05) is 6.07 Å². The fourth-order valence-electron chi connectivity index (χ4n) is 1.41. The van der Waals surface area contributed by atoms with Crippen LogP contribution in [0.15, 0.2) is 43.0 Å². The molecule has 3 nitrogen and oxygen atoms in total. The molecule has 0 N–H and O–H groups in total. The van der Waals surface area contributed by atoms with Crippen LogP contribution >= 0.6 is 8.73 Å². The summed E-state index contributed by atoms with van der Waals surface area (Å²) in [5.41, 5.74) is 1.35. The van der Waals surface area contributed by atoms with Crippen molar-refractivity contribution < 1.29 is 13.8 Å². The molecule has 1 atom stereocenters. The summed E-state index contributed by atoms with van der Waals surface area (Å²) in [4.78, 5) is 10.9. The van der Waals surface area contributed by atoms with Crippen molar-refractivity contribution in [1.29, 1.82) is 0 Å². The number of hydrogen-bond donors (Lipinski definition) is 0. The second-order valence-electron chi connectivity index (χ2n) is 4.60. The number of ether oxygens (including phenoxy) is 1. The van der Waals surface area contributed by atoms with Crippen LogP contribution in [0.5, 0.6) is 0 Å². The Balaban J connectivity index is 2.31. The van der Waals surface area contributed by atoms with E-state index < -0.39 is 0 Å². The molecule has 0 saturated heterocycles. The highest BCUT2D eigenvalue weighted by atomic mass is 31.1. The fraction of sp³-hybridized carbons (Fsp3) is 0.357. The lowest BCUT2D eigenvalue weighted by molar-refractivity contribution is -0.760. The van der Waals surface area contributed by atoms with Crippen LogP contribution in [0.3, 0.4) is 0 Å². The molecule has 0 aliphatic heterocycles. The molecule has 0 spiro atoms. The van der Waals surface area contributed by atoms with Gasteiger partial charge in [-0.05, 0) is 5.56 Å². The zero-order chi connectivity index (χ0) is 13.4. The van der Waals surface area contributed by atoms with Gasteiger partial charge in [-0.25, -0.2) is 4.79 Å². The van der Waals surface area contributed by atoms with Crippen molar-refractivity contribution in [1.82, 2.24) is 0 Å². The van der Waals surface area contributed by atoms with E-state index in [4.69, 9.17) is 4.74 Å². The molecule has 0 aliphatic rings. The monoisotopic (exact) mass is 266 g/mol. The molecule has 0 aliphatic carbocycles. The number of benzene rings is 1. The van der Waals surface area contributed by atoms with Crippen LogP contribution in [0.1, 0.15) is 5.56 Å². The van der Waals surface area contributed by atoms with Crippen LogP contribution in [-0.4, -0.2) is 37.5 Å². The summed E-state index contributed by atoms with van der Waals surface area (Å²) in [6.07, 6.45) is 2.26. The first-order chi connectivity index (χ1) is 8.53. The van der Waals surface area contributed by atoms with Gasteiger partial charge in [-0.2, -0.15) is 0 Å². The predicted molar refractivity (Wildman–Crippen MR) is 76.6 cm³/mol. The minimum Gasteiger partial charge on any atom is -0.457 e. The fourth-order valence-corrected chi connectivity index (χ4v) is 2.51. The van der Waals surface area contributed by atoms with Crippen molar-refractivity contribution >= 4 is 14.7 Å². The Bertz CT molecular complexity index is 390. The summed E-state index contributed by atoms with van der Waals surface area (Å²) >= 11 is 0. The van der Waals surface area contributed by atoms with E-state index >= 15 is 0 Å². The third-order valence-electron chi connectivity index (χ3n) is 2.62. The lowest BCUT2D eigenvalue weighted by atomic mass is 10.2. The van der Waals surface area contributed by atoms with Crippen molar-refractivity contribution in [3.8, 4) is 0 Å². The maximum absolute atomic E-state index is 10.9. The lowest BCUT2D eigenvalue weighted by Gasteiger charge is -2.28. The number of likely N-dealkylation sites (N-methyl/N-ethyl adjacent to an activating group) is 1. The Morgan fingerprint density at radius 1 is 1.39 bits per heavy atom. The van der Waals surface area contributed by atoms with Gasteiger partial charge in [0, 0.05) is 12.2 Å². The van der Waals surface area contributed by atoms with E-state index in [9.17, 15) is 4.79 Å². The Morgan fingerprint density at radius 3 is 2.67 bits per heavy atom. The number of nitrogens with zero attached hydrogens (tertiary/aromatic N) is 1. The minimum absolute atomic E-state index is 0.346. The normalized spacial score (nSPS) is 11.7. The van der Waals surface area contributed by atoms with Gasteiger partial charge in [0.05, 0.1) is 22.8 Å². The molecule has 0 radical (unpaired) electrons. The summed E-state index contributed by atoms with van der Waals surface area (Å²) in [7, 11) is 5.07. The second-order valence-corrected chi connectivity index (χ2v) is 6.48. The number of quaternary nitrogens is 1. The van der Waals surface area contributed by atoms with Crippen LogP contribution in [-0.2, 0) is 15.7 Å². The second kappa shape index (κ2) is 7.30. The molecule has 0 fully saturated rings. The summed E-state index contributed by atoms with van der Waals surface area (Å²) < 4.78 is 5.87. The molecule has 0 heterocycles. The van der Waals surface area contributed by atoms with Crippen molar-refractivity contribution in [3.05, 3.63) is 48.6 Å². The van der Waals surface area contributed by atoms with Crippen LogP contribution in [0.25, 0.3) is 0 Å². The molecular weight excluding hydrogens is 245 g/mol. The van der Waals surface area contributed by atoms with Gasteiger partial charge in [-0.3, -0.25) is 0 Å². The van der Waals surface area contributed by atoms with Gasteiger partial charge in [-0.1, -0.05) is 36.9 Å². The first-order valence-electron chi connectivity index (χ1n) is 5.95. The molecule has 1 rings (SSSR count). The van der Waals surface area contributed by atoms with Gasteiger partial charge in [-0.15, -0.1) is 0 Å². The van der Waals surface area contributed by atoms with Gasteiger partial charge >= 0.3 is 5.97 Å². The maximum atomic E-state index is 10.9. The Morgan fingerprint density at radius 2 is 2.06 bits per heavy atom. The summed E-state index contributed by atoms with van der Waals surface area (Å²) in [6.45, 7) is 4.64. The topological polar surface area (TPSA) is 26.3 Å². The average Bonchev–Trinajstić information content (AvgIpc) is 2.37. The molecule has 1 unspecified atom stereocenters. The highest BCUT2D eigenvalue weighted by Crippen LogP contribution is 2.28. The third kappa shape index (κ3) is 5.95. The number of hydrogen-bond acceptors (Lipinski definition) is 2. The largest absolute Gasteiger partial charge is 0.457 e. The zero-order valence-electron chi connectivity index (χ0n) is 11.1. The molecule has 18 heavy (non-hydrogen) atoms. The highest BCUT2D eigenvalue weighted by molar-refractivity contribution is 7.30. The SMILES string of the molecule is C=CC(=O)OCC[N+](C)(C)PCc1ccccc1. The Kier molecular flexibility index (Phi) is 6.03. The van der Waals surface area contributed by atoms with E-state index in [1.54, 1.807) is 0 Å². The molecule has 98 valence electrons. The van der Waals surface area contributed by atoms with Gasteiger partial charge in [0.2, 0.25) is 0 Å². The number of esters is 1. The van der Waals surface area contributed by atoms with E-state index in [-0.39, 0.29) is 5.97 Å². The van der Waals surface area contributed by atoms with Crippen molar-refractivity contribution in [3.63, 3.8) is 0 Å². The van der Waals surface area contributed by atoms with E-state index in [0.29, 0.717) is 6.61 Å².